The zero-order chi connectivity index (χ0) is 34.8. The number of ether oxygens (including phenoxy) is 2. The van der Waals surface area contributed by atoms with E-state index < -0.39 is 0 Å². The van der Waals surface area contributed by atoms with Gasteiger partial charge in [0.2, 0.25) is 0 Å². The van der Waals surface area contributed by atoms with Crippen molar-refractivity contribution in [3.05, 3.63) is 60.2 Å². The second-order valence-electron chi connectivity index (χ2n) is 14.5. The van der Waals surface area contributed by atoms with E-state index >= 15 is 0 Å². The molecule has 1 atom stereocenters. The van der Waals surface area contributed by atoms with Crippen molar-refractivity contribution in [2.24, 2.45) is 5.92 Å². The molecule has 1 aromatic rings. The molecule has 0 saturated heterocycles. The lowest BCUT2D eigenvalue weighted by Crippen LogP contribution is -2.11. The SMILES string of the molecule is CCCCC/C=C\C/C=C\CCCCCCCCOc1cc(CN(C)C)ccc1OCCCCCCCC/C=C\CC(C)CCCCC. The fourth-order valence-electron chi connectivity index (χ4n) is 6.08. The van der Waals surface area contributed by atoms with E-state index in [1.807, 2.05) is 0 Å². The predicted octanol–water partition coefficient (Wildman–Crippen LogP) is 14.2. The minimum Gasteiger partial charge on any atom is -0.490 e. The number of benzene rings is 1. The van der Waals surface area contributed by atoms with Crippen LogP contribution >= 0.6 is 0 Å². The lowest BCUT2D eigenvalue weighted by Gasteiger charge is -2.16. The largest absolute Gasteiger partial charge is 0.490 e. The van der Waals surface area contributed by atoms with Crippen LogP contribution in [0, 0.1) is 5.92 Å². The van der Waals surface area contributed by atoms with Gasteiger partial charge in [-0.3, -0.25) is 0 Å². The Bertz CT molecular complexity index is 918. The first-order chi connectivity index (χ1) is 23.6. The van der Waals surface area contributed by atoms with Crippen molar-refractivity contribution in [2.45, 2.75) is 181 Å². The first kappa shape index (κ1) is 44.0. The first-order valence-electron chi connectivity index (χ1n) is 20.5. The fourth-order valence-corrected chi connectivity index (χ4v) is 6.08. The van der Waals surface area contributed by atoms with Gasteiger partial charge in [-0.25, -0.2) is 0 Å². The van der Waals surface area contributed by atoms with Gasteiger partial charge in [-0.1, -0.05) is 153 Å². The molecule has 1 rings (SSSR count). The molecule has 0 N–H and O–H groups in total. The van der Waals surface area contributed by atoms with Crippen LogP contribution in [0.1, 0.15) is 180 Å². The third-order valence-corrected chi connectivity index (χ3v) is 9.14. The molecule has 0 amide bonds. The number of nitrogens with zero attached hydrogens (tertiary/aromatic N) is 1. The van der Waals surface area contributed by atoms with Crippen molar-refractivity contribution >= 4 is 0 Å². The van der Waals surface area contributed by atoms with Crippen LogP contribution in [0.15, 0.2) is 54.7 Å². The average molecular weight is 666 g/mol. The zero-order valence-electron chi connectivity index (χ0n) is 32.6. The Morgan fingerprint density at radius 3 is 1.65 bits per heavy atom. The molecular formula is C45H79NO2. The van der Waals surface area contributed by atoms with Crippen LogP contribution < -0.4 is 9.47 Å². The van der Waals surface area contributed by atoms with Crippen molar-refractivity contribution in [2.75, 3.05) is 27.3 Å². The molecule has 0 aliphatic heterocycles. The van der Waals surface area contributed by atoms with Crippen LogP contribution in [0.3, 0.4) is 0 Å². The maximum absolute atomic E-state index is 6.30. The third kappa shape index (κ3) is 27.9. The quantitative estimate of drug-likeness (QED) is 0.0540. The molecule has 0 aliphatic carbocycles. The molecule has 276 valence electrons. The summed E-state index contributed by atoms with van der Waals surface area (Å²) < 4.78 is 12.5. The summed E-state index contributed by atoms with van der Waals surface area (Å²) in [6, 6.07) is 6.49. The predicted molar refractivity (Wildman–Crippen MR) is 214 cm³/mol. The van der Waals surface area contributed by atoms with Gasteiger partial charge >= 0.3 is 0 Å². The van der Waals surface area contributed by atoms with Crippen molar-refractivity contribution in [1.82, 2.24) is 4.90 Å². The summed E-state index contributed by atoms with van der Waals surface area (Å²) in [7, 11) is 4.23. The maximum atomic E-state index is 6.30. The van der Waals surface area contributed by atoms with Gasteiger partial charge in [0.25, 0.3) is 0 Å². The Morgan fingerprint density at radius 2 is 1.06 bits per heavy atom. The van der Waals surface area contributed by atoms with E-state index in [0.29, 0.717) is 0 Å². The van der Waals surface area contributed by atoms with Gasteiger partial charge in [0, 0.05) is 6.54 Å². The Morgan fingerprint density at radius 1 is 0.562 bits per heavy atom. The minimum absolute atomic E-state index is 0.768. The molecule has 0 heterocycles. The number of rotatable bonds is 34. The lowest BCUT2D eigenvalue weighted by atomic mass is 9.99. The summed E-state index contributed by atoms with van der Waals surface area (Å²) in [5.41, 5.74) is 1.27. The highest BCUT2D eigenvalue weighted by atomic mass is 16.5. The topological polar surface area (TPSA) is 21.7 Å². The Balaban J connectivity index is 2.17. The van der Waals surface area contributed by atoms with Crippen LogP contribution in [0.25, 0.3) is 0 Å². The highest BCUT2D eigenvalue weighted by Crippen LogP contribution is 2.29. The Kier molecular flexibility index (Phi) is 30.7. The van der Waals surface area contributed by atoms with Crippen molar-refractivity contribution < 1.29 is 9.47 Å². The monoisotopic (exact) mass is 666 g/mol. The van der Waals surface area contributed by atoms with E-state index in [1.165, 1.54) is 140 Å². The molecule has 3 heteroatoms. The van der Waals surface area contributed by atoms with Crippen molar-refractivity contribution in [3.8, 4) is 11.5 Å². The second-order valence-corrected chi connectivity index (χ2v) is 14.5. The maximum Gasteiger partial charge on any atom is 0.161 e. The first-order valence-corrected chi connectivity index (χ1v) is 20.5. The Hall–Kier alpha value is -2.00. The highest BCUT2D eigenvalue weighted by molar-refractivity contribution is 5.43. The van der Waals surface area contributed by atoms with E-state index in [4.69, 9.17) is 9.47 Å². The molecule has 0 aliphatic rings. The van der Waals surface area contributed by atoms with Crippen LogP contribution in [-0.4, -0.2) is 32.2 Å². The van der Waals surface area contributed by atoms with Crippen molar-refractivity contribution in [1.29, 1.82) is 0 Å². The van der Waals surface area contributed by atoms with Gasteiger partial charge in [0.1, 0.15) is 0 Å². The average Bonchev–Trinajstić information content (AvgIpc) is 3.07. The molecule has 1 unspecified atom stereocenters. The van der Waals surface area contributed by atoms with Crippen LogP contribution in [0.4, 0.5) is 0 Å². The summed E-state index contributed by atoms with van der Waals surface area (Å²) in [4.78, 5) is 2.20. The summed E-state index contributed by atoms with van der Waals surface area (Å²) >= 11 is 0. The van der Waals surface area contributed by atoms with E-state index in [2.05, 4.69) is 94.4 Å². The van der Waals surface area contributed by atoms with E-state index in [-0.39, 0.29) is 0 Å². The second kappa shape index (κ2) is 33.5. The standard InChI is InChI=1S/C45H79NO2/c1-6-8-10-11-12-13-14-15-16-17-18-19-22-26-29-33-39-48-45-40-43(41-46(4)5)36-37-44(45)47-38-32-28-25-23-20-21-24-27-31-35-42(3)34-30-9-7-2/h12-13,15-16,27,31,36-37,40,42H,6-11,14,17-26,28-30,32-35,38-39,41H2,1-5H3/b13-12-,16-15-,31-27-. The normalized spacial score (nSPS) is 12.7. The summed E-state index contributed by atoms with van der Waals surface area (Å²) in [5.74, 6) is 2.67. The molecule has 0 fully saturated rings. The van der Waals surface area contributed by atoms with E-state index in [0.717, 1.165) is 56.4 Å². The van der Waals surface area contributed by atoms with E-state index in [1.54, 1.807) is 0 Å². The van der Waals surface area contributed by atoms with Gasteiger partial charge in [0.05, 0.1) is 13.2 Å². The van der Waals surface area contributed by atoms with Crippen LogP contribution in [-0.2, 0) is 6.54 Å². The molecule has 0 aromatic heterocycles. The lowest BCUT2D eigenvalue weighted by molar-refractivity contribution is 0.257. The van der Waals surface area contributed by atoms with E-state index in [9.17, 15) is 0 Å². The number of allylic oxidation sites excluding steroid dienone is 6. The molecule has 0 radical (unpaired) electrons. The molecule has 48 heavy (non-hydrogen) atoms. The summed E-state index contributed by atoms with van der Waals surface area (Å²) in [5, 5.41) is 0. The molecule has 0 spiro atoms. The van der Waals surface area contributed by atoms with Crippen LogP contribution in [0.2, 0.25) is 0 Å². The number of unbranched alkanes of at least 4 members (excludes halogenated alkanes) is 17. The molecule has 1 aromatic carbocycles. The van der Waals surface area contributed by atoms with Gasteiger partial charge in [-0.05, 0) is 102 Å². The molecule has 0 saturated carbocycles. The zero-order valence-corrected chi connectivity index (χ0v) is 32.6. The van der Waals surface area contributed by atoms with Crippen molar-refractivity contribution in [3.63, 3.8) is 0 Å². The molecule has 0 bridgehead atoms. The molecule has 3 nitrogen and oxygen atoms in total. The van der Waals surface area contributed by atoms with Crippen LogP contribution in [0.5, 0.6) is 11.5 Å². The smallest absolute Gasteiger partial charge is 0.161 e. The van der Waals surface area contributed by atoms with Gasteiger partial charge < -0.3 is 14.4 Å². The van der Waals surface area contributed by atoms with Gasteiger partial charge in [-0.2, -0.15) is 0 Å². The number of hydrogen-bond donors (Lipinski definition) is 0. The third-order valence-electron chi connectivity index (χ3n) is 9.14. The Labute approximate surface area is 300 Å². The molecular weight excluding hydrogens is 587 g/mol. The summed E-state index contributed by atoms with van der Waals surface area (Å²) in [6.45, 7) is 9.40. The van der Waals surface area contributed by atoms with Gasteiger partial charge in [-0.15, -0.1) is 0 Å². The minimum atomic E-state index is 0.768. The number of hydrogen-bond acceptors (Lipinski definition) is 3. The summed E-state index contributed by atoms with van der Waals surface area (Å²) in [6.07, 6.45) is 45.0. The highest BCUT2D eigenvalue weighted by Gasteiger charge is 2.08. The van der Waals surface area contributed by atoms with Gasteiger partial charge in [0.15, 0.2) is 11.5 Å². The fraction of sp³-hybridized carbons (Fsp3) is 0.733.